The van der Waals surface area contributed by atoms with E-state index in [2.05, 4.69) is 15.1 Å². The van der Waals surface area contributed by atoms with Crippen LogP contribution in [-0.4, -0.2) is 30.5 Å². The summed E-state index contributed by atoms with van der Waals surface area (Å²) in [4.78, 5) is 7.87. The van der Waals surface area contributed by atoms with Gasteiger partial charge < -0.3 is 10.8 Å². The van der Waals surface area contributed by atoms with E-state index in [4.69, 9.17) is 17.3 Å². The van der Waals surface area contributed by atoms with Crippen LogP contribution in [0.4, 0.5) is 5.95 Å². The summed E-state index contributed by atoms with van der Waals surface area (Å²) in [5, 5.41) is 14.3. The van der Waals surface area contributed by atoms with Crippen LogP contribution in [0.5, 0.6) is 0 Å². The summed E-state index contributed by atoms with van der Waals surface area (Å²) in [5.74, 6) is 0.157. The maximum Gasteiger partial charge on any atom is 0.220 e. The summed E-state index contributed by atoms with van der Waals surface area (Å²) < 4.78 is 1.63. The fourth-order valence-corrected chi connectivity index (χ4v) is 1.75. The molecule has 3 N–H and O–H groups in total. The molecular weight excluding hydrogens is 254 g/mol. The zero-order chi connectivity index (χ0) is 13.3. The molecular formula is C11H14ClN5O. The van der Waals surface area contributed by atoms with E-state index in [0.29, 0.717) is 17.3 Å². The molecule has 2 heterocycles. The zero-order valence-electron chi connectivity index (χ0n) is 10.1. The highest BCUT2D eigenvalue weighted by atomic mass is 35.5. The van der Waals surface area contributed by atoms with Gasteiger partial charge in [0.05, 0.1) is 35.3 Å². The van der Waals surface area contributed by atoms with Gasteiger partial charge in [-0.1, -0.05) is 11.6 Å². The van der Waals surface area contributed by atoms with Crippen molar-refractivity contribution in [1.29, 1.82) is 0 Å². The largest absolute Gasteiger partial charge is 0.389 e. The number of halogens is 1. The van der Waals surface area contributed by atoms with Crippen molar-refractivity contribution in [3.05, 3.63) is 23.6 Å². The fraction of sp³-hybridized carbons (Fsp3) is 0.364. The van der Waals surface area contributed by atoms with Crippen molar-refractivity contribution >= 4 is 17.5 Å². The molecule has 0 aliphatic carbocycles. The summed E-state index contributed by atoms with van der Waals surface area (Å²) >= 11 is 6.01. The quantitative estimate of drug-likeness (QED) is 0.876. The molecule has 7 heteroatoms. The maximum atomic E-state index is 9.72. The number of anilines is 1. The third kappa shape index (κ3) is 2.96. The Balaban J connectivity index is 2.32. The maximum absolute atomic E-state index is 9.72. The second-order valence-corrected chi connectivity index (χ2v) is 5.07. The van der Waals surface area contributed by atoms with Crippen molar-refractivity contribution in [2.75, 3.05) is 5.73 Å². The molecule has 2 aromatic heterocycles. The normalized spacial score (nSPS) is 11.8. The standard InChI is InChI=1S/C11H14ClN5O/c1-11(2,18)6-17-5-7(3-15-17)9-8(12)4-14-10(13)16-9/h3-5,18H,6H2,1-2H3,(H2,13,14,16). The summed E-state index contributed by atoms with van der Waals surface area (Å²) in [5.41, 5.74) is 5.96. The van der Waals surface area contributed by atoms with Gasteiger partial charge in [-0.05, 0) is 13.8 Å². The van der Waals surface area contributed by atoms with Crippen LogP contribution in [0.15, 0.2) is 18.6 Å². The van der Waals surface area contributed by atoms with Crippen molar-refractivity contribution < 1.29 is 5.11 Å². The number of nitrogen functional groups attached to an aromatic ring is 1. The third-order valence-corrected chi connectivity index (χ3v) is 2.49. The van der Waals surface area contributed by atoms with Crippen LogP contribution < -0.4 is 5.73 Å². The molecule has 0 fully saturated rings. The first-order valence-electron chi connectivity index (χ1n) is 5.38. The topological polar surface area (TPSA) is 89.8 Å². The first-order chi connectivity index (χ1) is 8.35. The summed E-state index contributed by atoms with van der Waals surface area (Å²) in [6.07, 6.45) is 4.83. The Bertz CT molecular complexity index is 561. The zero-order valence-corrected chi connectivity index (χ0v) is 10.9. The third-order valence-electron chi connectivity index (χ3n) is 2.22. The van der Waals surface area contributed by atoms with Crippen LogP contribution in [0.3, 0.4) is 0 Å². The van der Waals surface area contributed by atoms with Gasteiger partial charge in [0.25, 0.3) is 0 Å². The molecule has 0 bridgehead atoms. The number of hydrogen-bond donors (Lipinski definition) is 2. The van der Waals surface area contributed by atoms with Gasteiger partial charge in [0, 0.05) is 11.8 Å². The minimum Gasteiger partial charge on any atom is -0.389 e. The molecule has 0 radical (unpaired) electrons. The molecule has 0 unspecified atom stereocenters. The van der Waals surface area contributed by atoms with Gasteiger partial charge in [-0.15, -0.1) is 0 Å². The van der Waals surface area contributed by atoms with Gasteiger partial charge in [-0.3, -0.25) is 4.68 Å². The lowest BCUT2D eigenvalue weighted by Gasteiger charge is -2.16. The Kier molecular flexibility index (Phi) is 3.23. The molecule has 18 heavy (non-hydrogen) atoms. The minimum absolute atomic E-state index is 0.157. The number of aliphatic hydroxyl groups is 1. The van der Waals surface area contributed by atoms with E-state index in [1.807, 2.05) is 0 Å². The molecule has 0 aliphatic heterocycles. The van der Waals surface area contributed by atoms with E-state index in [0.717, 1.165) is 5.56 Å². The monoisotopic (exact) mass is 267 g/mol. The predicted octanol–water partition coefficient (Wildman–Crippen LogP) is 1.35. The van der Waals surface area contributed by atoms with Crippen LogP contribution in [0.1, 0.15) is 13.8 Å². The van der Waals surface area contributed by atoms with Crippen molar-refractivity contribution in [3.8, 4) is 11.3 Å². The van der Waals surface area contributed by atoms with E-state index in [9.17, 15) is 5.11 Å². The molecule has 0 saturated heterocycles. The highest BCUT2D eigenvalue weighted by Crippen LogP contribution is 2.25. The molecule has 0 aliphatic rings. The molecule has 0 aromatic carbocycles. The van der Waals surface area contributed by atoms with Gasteiger partial charge in [-0.2, -0.15) is 5.10 Å². The second kappa shape index (κ2) is 4.55. The molecule has 0 amide bonds. The lowest BCUT2D eigenvalue weighted by molar-refractivity contribution is 0.0577. The Morgan fingerprint density at radius 2 is 2.17 bits per heavy atom. The smallest absolute Gasteiger partial charge is 0.220 e. The number of rotatable bonds is 3. The van der Waals surface area contributed by atoms with Crippen LogP contribution in [-0.2, 0) is 6.54 Å². The molecule has 0 saturated carbocycles. The summed E-state index contributed by atoms with van der Waals surface area (Å²) in [6, 6.07) is 0. The molecule has 96 valence electrons. The molecule has 2 rings (SSSR count). The van der Waals surface area contributed by atoms with Crippen LogP contribution in [0.25, 0.3) is 11.3 Å². The fourth-order valence-electron chi connectivity index (χ4n) is 1.55. The van der Waals surface area contributed by atoms with Crippen molar-refractivity contribution in [2.45, 2.75) is 26.0 Å². The van der Waals surface area contributed by atoms with Gasteiger partial charge >= 0.3 is 0 Å². The number of hydrogen-bond acceptors (Lipinski definition) is 5. The molecule has 6 nitrogen and oxygen atoms in total. The van der Waals surface area contributed by atoms with E-state index in [-0.39, 0.29) is 5.95 Å². The average molecular weight is 268 g/mol. The first kappa shape index (κ1) is 12.8. The van der Waals surface area contributed by atoms with E-state index < -0.39 is 5.60 Å². The van der Waals surface area contributed by atoms with E-state index >= 15 is 0 Å². The molecule has 2 aromatic rings. The predicted molar refractivity (Wildman–Crippen MR) is 69.0 cm³/mol. The average Bonchev–Trinajstić information content (AvgIpc) is 2.67. The van der Waals surface area contributed by atoms with Crippen LogP contribution in [0.2, 0.25) is 5.02 Å². The first-order valence-corrected chi connectivity index (χ1v) is 5.76. The van der Waals surface area contributed by atoms with Crippen LogP contribution in [0, 0.1) is 0 Å². The molecule has 0 spiro atoms. The highest BCUT2D eigenvalue weighted by Gasteiger charge is 2.15. The Labute approximate surface area is 109 Å². The lowest BCUT2D eigenvalue weighted by Crippen LogP contribution is -2.26. The Morgan fingerprint density at radius 1 is 1.44 bits per heavy atom. The highest BCUT2D eigenvalue weighted by molar-refractivity contribution is 6.32. The number of nitrogens with zero attached hydrogens (tertiary/aromatic N) is 4. The molecule has 0 atom stereocenters. The van der Waals surface area contributed by atoms with Gasteiger partial charge in [0.2, 0.25) is 5.95 Å². The minimum atomic E-state index is -0.836. The second-order valence-electron chi connectivity index (χ2n) is 4.66. The summed E-state index contributed by atoms with van der Waals surface area (Å²) in [7, 11) is 0. The number of nitrogens with two attached hydrogens (primary N) is 1. The van der Waals surface area contributed by atoms with Gasteiger partial charge in [0.1, 0.15) is 0 Å². The van der Waals surface area contributed by atoms with Crippen LogP contribution >= 0.6 is 11.6 Å². The lowest BCUT2D eigenvalue weighted by atomic mass is 10.1. The summed E-state index contributed by atoms with van der Waals surface area (Å²) in [6.45, 7) is 3.80. The van der Waals surface area contributed by atoms with Gasteiger partial charge in [-0.25, -0.2) is 9.97 Å². The Hall–Kier alpha value is -1.66. The van der Waals surface area contributed by atoms with Crippen molar-refractivity contribution in [2.24, 2.45) is 0 Å². The van der Waals surface area contributed by atoms with E-state index in [1.54, 1.807) is 30.9 Å². The van der Waals surface area contributed by atoms with Gasteiger partial charge in [0.15, 0.2) is 0 Å². The van der Waals surface area contributed by atoms with Crippen molar-refractivity contribution in [3.63, 3.8) is 0 Å². The van der Waals surface area contributed by atoms with Crippen molar-refractivity contribution in [1.82, 2.24) is 19.7 Å². The number of aromatic nitrogens is 4. The Morgan fingerprint density at radius 3 is 2.83 bits per heavy atom. The SMILES string of the molecule is CC(C)(O)Cn1cc(-c2nc(N)ncc2Cl)cn1. The van der Waals surface area contributed by atoms with E-state index in [1.165, 1.54) is 6.20 Å².